The number of amides is 3. The van der Waals surface area contributed by atoms with Crippen molar-refractivity contribution < 1.29 is 32.3 Å². The van der Waals surface area contributed by atoms with E-state index in [1.165, 1.54) is 17.0 Å². The Labute approximate surface area is 134 Å². The minimum atomic E-state index is -4.88. The molecule has 6 nitrogen and oxygen atoms in total. The van der Waals surface area contributed by atoms with Crippen molar-refractivity contribution in [2.45, 2.75) is 38.7 Å². The fourth-order valence-electron chi connectivity index (χ4n) is 2.98. The number of nitrogens with zero attached hydrogens (tertiary/aromatic N) is 1. The maximum atomic E-state index is 12.6. The standard InChI is InChI=1S/C15H13F3N2O4/c1-7-4-8-9(11(5-7)24-15(16,17)18)6-20(14(8)23)10-2-3-12(21)19-13(10)22/h4-5,10H,2-3,6H2,1H3,(H,19,21,22). The highest BCUT2D eigenvalue weighted by atomic mass is 19.4. The predicted molar refractivity (Wildman–Crippen MR) is 73.9 cm³/mol. The van der Waals surface area contributed by atoms with Gasteiger partial charge in [0.25, 0.3) is 5.91 Å². The molecule has 1 unspecified atom stereocenters. The van der Waals surface area contributed by atoms with Crippen molar-refractivity contribution in [2.24, 2.45) is 0 Å². The quantitative estimate of drug-likeness (QED) is 0.830. The second-order valence-corrected chi connectivity index (χ2v) is 5.74. The van der Waals surface area contributed by atoms with E-state index >= 15 is 0 Å². The molecule has 0 saturated carbocycles. The number of benzene rings is 1. The van der Waals surface area contributed by atoms with Crippen LogP contribution in [0.4, 0.5) is 13.2 Å². The van der Waals surface area contributed by atoms with Crippen LogP contribution in [0.3, 0.4) is 0 Å². The molecule has 3 rings (SSSR count). The van der Waals surface area contributed by atoms with E-state index < -0.39 is 35.9 Å². The topological polar surface area (TPSA) is 75.7 Å². The molecule has 128 valence electrons. The molecule has 0 aliphatic carbocycles. The van der Waals surface area contributed by atoms with Crippen LogP contribution in [-0.2, 0) is 16.1 Å². The largest absolute Gasteiger partial charge is 0.573 e. The summed E-state index contributed by atoms with van der Waals surface area (Å²) in [5.74, 6) is -2.05. The van der Waals surface area contributed by atoms with Crippen molar-refractivity contribution in [2.75, 3.05) is 0 Å². The molecule has 2 aliphatic rings. The van der Waals surface area contributed by atoms with Gasteiger partial charge >= 0.3 is 6.36 Å². The van der Waals surface area contributed by atoms with Gasteiger partial charge < -0.3 is 9.64 Å². The number of hydrogen-bond donors (Lipinski definition) is 1. The molecule has 9 heteroatoms. The van der Waals surface area contributed by atoms with Gasteiger partial charge in [0.15, 0.2) is 0 Å². The van der Waals surface area contributed by atoms with Gasteiger partial charge in [-0.05, 0) is 31.0 Å². The summed E-state index contributed by atoms with van der Waals surface area (Å²) in [6, 6.07) is 1.78. The molecule has 2 heterocycles. The van der Waals surface area contributed by atoms with Gasteiger partial charge in [0.1, 0.15) is 11.8 Å². The Morgan fingerprint density at radius 2 is 1.96 bits per heavy atom. The van der Waals surface area contributed by atoms with Crippen molar-refractivity contribution >= 4 is 17.7 Å². The van der Waals surface area contributed by atoms with E-state index in [1.54, 1.807) is 6.92 Å². The summed E-state index contributed by atoms with van der Waals surface area (Å²) >= 11 is 0. The number of nitrogens with one attached hydrogen (secondary N) is 1. The molecule has 0 spiro atoms. The van der Waals surface area contributed by atoms with Gasteiger partial charge in [0.2, 0.25) is 11.8 Å². The lowest BCUT2D eigenvalue weighted by Gasteiger charge is -2.29. The third kappa shape index (κ3) is 2.93. The van der Waals surface area contributed by atoms with Gasteiger partial charge in [-0.2, -0.15) is 0 Å². The zero-order valence-corrected chi connectivity index (χ0v) is 12.6. The SMILES string of the molecule is Cc1cc(OC(F)(F)F)c2c(c1)C(=O)N(C1CCC(=O)NC1=O)C2. The van der Waals surface area contributed by atoms with Gasteiger partial charge in [-0.3, -0.25) is 19.7 Å². The number of rotatable bonds is 2. The first kappa shape index (κ1) is 16.3. The number of imide groups is 1. The Morgan fingerprint density at radius 3 is 2.58 bits per heavy atom. The highest BCUT2D eigenvalue weighted by molar-refractivity contribution is 6.05. The van der Waals surface area contributed by atoms with Crippen molar-refractivity contribution in [1.82, 2.24) is 10.2 Å². The van der Waals surface area contributed by atoms with Crippen LogP contribution in [0.2, 0.25) is 0 Å². The summed E-state index contributed by atoms with van der Waals surface area (Å²) in [6.45, 7) is 1.37. The van der Waals surface area contributed by atoms with Gasteiger partial charge in [-0.25, -0.2) is 0 Å². The summed E-state index contributed by atoms with van der Waals surface area (Å²) in [6.07, 6.45) is -4.67. The van der Waals surface area contributed by atoms with Gasteiger partial charge in [-0.15, -0.1) is 13.2 Å². The number of alkyl halides is 3. The first-order valence-corrected chi connectivity index (χ1v) is 7.19. The molecule has 24 heavy (non-hydrogen) atoms. The Morgan fingerprint density at radius 1 is 1.25 bits per heavy atom. The lowest BCUT2D eigenvalue weighted by molar-refractivity contribution is -0.275. The Bertz CT molecular complexity index is 745. The molecule has 1 aromatic carbocycles. The van der Waals surface area contributed by atoms with Gasteiger partial charge in [-0.1, -0.05) is 0 Å². The fraction of sp³-hybridized carbons (Fsp3) is 0.400. The molecule has 1 atom stereocenters. The molecule has 1 aromatic rings. The molecule has 1 N–H and O–H groups in total. The zero-order valence-electron chi connectivity index (χ0n) is 12.6. The Hall–Kier alpha value is -2.58. The summed E-state index contributed by atoms with van der Waals surface area (Å²) in [7, 11) is 0. The number of aryl methyl sites for hydroxylation is 1. The number of hydrogen-bond acceptors (Lipinski definition) is 4. The van der Waals surface area contributed by atoms with Crippen LogP contribution in [0.1, 0.15) is 34.3 Å². The molecule has 2 aliphatic heterocycles. The summed E-state index contributed by atoms with van der Waals surface area (Å²) < 4.78 is 41.7. The summed E-state index contributed by atoms with van der Waals surface area (Å²) in [5, 5.41) is 2.13. The predicted octanol–water partition coefficient (Wildman–Crippen LogP) is 1.65. The minimum Gasteiger partial charge on any atom is -0.405 e. The summed E-state index contributed by atoms with van der Waals surface area (Å²) in [5.41, 5.74) is 0.609. The Kier molecular flexibility index (Phi) is 3.73. The van der Waals surface area contributed by atoms with E-state index in [-0.39, 0.29) is 30.5 Å². The van der Waals surface area contributed by atoms with Crippen molar-refractivity contribution in [1.29, 1.82) is 0 Å². The van der Waals surface area contributed by atoms with E-state index in [2.05, 4.69) is 10.1 Å². The van der Waals surface area contributed by atoms with E-state index in [4.69, 9.17) is 0 Å². The molecule has 1 fully saturated rings. The Balaban J connectivity index is 1.93. The molecule has 0 bridgehead atoms. The fourth-order valence-corrected chi connectivity index (χ4v) is 2.98. The third-order valence-corrected chi connectivity index (χ3v) is 3.99. The molecule has 0 aromatic heterocycles. The number of piperidine rings is 1. The van der Waals surface area contributed by atoms with Crippen molar-refractivity contribution in [3.8, 4) is 5.75 Å². The van der Waals surface area contributed by atoms with Crippen LogP contribution >= 0.6 is 0 Å². The van der Waals surface area contributed by atoms with E-state index in [0.29, 0.717) is 5.56 Å². The maximum Gasteiger partial charge on any atom is 0.573 e. The van der Waals surface area contributed by atoms with Crippen LogP contribution in [0.25, 0.3) is 0 Å². The number of halogens is 3. The molecular formula is C15H13F3N2O4. The van der Waals surface area contributed by atoms with Crippen LogP contribution in [0.5, 0.6) is 5.75 Å². The first-order valence-electron chi connectivity index (χ1n) is 7.19. The first-order chi connectivity index (χ1) is 11.2. The zero-order chi connectivity index (χ0) is 17.6. The second-order valence-electron chi connectivity index (χ2n) is 5.74. The molecular weight excluding hydrogens is 329 g/mol. The maximum absolute atomic E-state index is 12.6. The van der Waals surface area contributed by atoms with Crippen LogP contribution in [0, 0.1) is 6.92 Å². The third-order valence-electron chi connectivity index (χ3n) is 3.99. The number of carbonyl (C=O) groups is 3. The minimum absolute atomic E-state index is 0.0709. The van der Waals surface area contributed by atoms with Crippen molar-refractivity contribution in [3.63, 3.8) is 0 Å². The average molecular weight is 342 g/mol. The highest BCUT2D eigenvalue weighted by Crippen LogP contribution is 2.37. The summed E-state index contributed by atoms with van der Waals surface area (Å²) in [4.78, 5) is 36.8. The normalized spacial score (nSPS) is 20.9. The van der Waals surface area contributed by atoms with Gasteiger partial charge in [0, 0.05) is 17.5 Å². The average Bonchev–Trinajstić information content (AvgIpc) is 2.75. The second kappa shape index (κ2) is 5.50. The number of carbonyl (C=O) groups excluding carboxylic acids is 3. The highest BCUT2D eigenvalue weighted by Gasteiger charge is 2.42. The van der Waals surface area contributed by atoms with Crippen LogP contribution < -0.4 is 10.1 Å². The lowest BCUT2D eigenvalue weighted by Crippen LogP contribution is -2.52. The monoisotopic (exact) mass is 342 g/mol. The van der Waals surface area contributed by atoms with Gasteiger partial charge in [0.05, 0.1) is 6.54 Å². The van der Waals surface area contributed by atoms with E-state index in [1.807, 2.05) is 0 Å². The van der Waals surface area contributed by atoms with Crippen molar-refractivity contribution in [3.05, 3.63) is 28.8 Å². The number of ether oxygens (including phenoxy) is 1. The van der Waals surface area contributed by atoms with E-state index in [9.17, 15) is 27.6 Å². The smallest absolute Gasteiger partial charge is 0.405 e. The van der Waals surface area contributed by atoms with E-state index in [0.717, 1.165) is 0 Å². The lowest BCUT2D eigenvalue weighted by atomic mass is 10.0. The molecule has 0 radical (unpaired) electrons. The van der Waals surface area contributed by atoms with Crippen LogP contribution in [0.15, 0.2) is 12.1 Å². The van der Waals surface area contributed by atoms with Crippen LogP contribution in [-0.4, -0.2) is 35.0 Å². The molecule has 3 amide bonds. The molecule has 1 saturated heterocycles. The number of fused-ring (bicyclic) bond motifs is 1.